The SMILES string of the molecule is CCOC(=O)CC(c1ccccc1)c1cccc(Cl)c1O. The molecular weight excluding hydrogens is 288 g/mol. The molecule has 0 spiro atoms. The highest BCUT2D eigenvalue weighted by molar-refractivity contribution is 6.32. The van der Waals surface area contributed by atoms with Gasteiger partial charge in [0.15, 0.2) is 0 Å². The minimum atomic E-state index is -0.300. The van der Waals surface area contributed by atoms with E-state index in [-0.39, 0.29) is 29.1 Å². The Kier molecular flexibility index (Phi) is 5.23. The molecule has 0 aliphatic heterocycles. The van der Waals surface area contributed by atoms with Crippen LogP contribution in [0, 0.1) is 0 Å². The third-order valence-electron chi connectivity index (χ3n) is 3.27. The molecule has 2 aromatic carbocycles. The Balaban J connectivity index is 2.41. The fourth-order valence-corrected chi connectivity index (χ4v) is 2.47. The number of esters is 1. The van der Waals surface area contributed by atoms with Crippen LogP contribution >= 0.6 is 11.6 Å². The summed E-state index contributed by atoms with van der Waals surface area (Å²) in [7, 11) is 0. The van der Waals surface area contributed by atoms with Crippen LogP contribution in [0.4, 0.5) is 0 Å². The molecule has 110 valence electrons. The monoisotopic (exact) mass is 304 g/mol. The van der Waals surface area contributed by atoms with E-state index in [1.54, 1.807) is 25.1 Å². The number of carbonyl (C=O) groups is 1. The largest absolute Gasteiger partial charge is 0.506 e. The van der Waals surface area contributed by atoms with Gasteiger partial charge >= 0.3 is 5.97 Å². The van der Waals surface area contributed by atoms with Crippen molar-refractivity contribution in [3.8, 4) is 5.75 Å². The van der Waals surface area contributed by atoms with Crippen LogP contribution in [0.2, 0.25) is 5.02 Å². The van der Waals surface area contributed by atoms with E-state index < -0.39 is 0 Å². The fraction of sp³-hybridized carbons (Fsp3) is 0.235. The van der Waals surface area contributed by atoms with Gasteiger partial charge in [-0.05, 0) is 18.6 Å². The van der Waals surface area contributed by atoms with Crippen molar-refractivity contribution in [2.24, 2.45) is 0 Å². The van der Waals surface area contributed by atoms with Gasteiger partial charge in [-0.25, -0.2) is 0 Å². The standard InChI is InChI=1S/C17H17ClO3/c1-2-21-16(19)11-14(12-7-4-3-5-8-12)13-9-6-10-15(18)17(13)20/h3-10,14,20H,2,11H2,1H3. The van der Waals surface area contributed by atoms with Gasteiger partial charge in [0, 0.05) is 11.5 Å². The summed E-state index contributed by atoms with van der Waals surface area (Å²) in [6, 6.07) is 14.7. The lowest BCUT2D eigenvalue weighted by molar-refractivity contribution is -0.143. The first kappa shape index (κ1) is 15.4. The second-order valence-electron chi connectivity index (χ2n) is 4.65. The van der Waals surface area contributed by atoms with E-state index in [4.69, 9.17) is 16.3 Å². The molecule has 2 aromatic rings. The second-order valence-corrected chi connectivity index (χ2v) is 5.06. The normalized spacial score (nSPS) is 11.9. The van der Waals surface area contributed by atoms with Crippen molar-refractivity contribution in [2.45, 2.75) is 19.3 Å². The molecule has 0 fully saturated rings. The Hall–Kier alpha value is -2.00. The average Bonchev–Trinajstić information content (AvgIpc) is 2.49. The van der Waals surface area contributed by atoms with Crippen molar-refractivity contribution < 1.29 is 14.6 Å². The zero-order valence-electron chi connectivity index (χ0n) is 11.8. The Morgan fingerprint density at radius 3 is 2.57 bits per heavy atom. The molecule has 1 N–H and O–H groups in total. The van der Waals surface area contributed by atoms with Crippen LogP contribution in [-0.4, -0.2) is 17.7 Å². The van der Waals surface area contributed by atoms with Gasteiger partial charge in [-0.3, -0.25) is 4.79 Å². The topological polar surface area (TPSA) is 46.5 Å². The van der Waals surface area contributed by atoms with Crippen LogP contribution in [0.5, 0.6) is 5.75 Å². The van der Waals surface area contributed by atoms with E-state index in [1.165, 1.54) is 0 Å². The molecule has 21 heavy (non-hydrogen) atoms. The average molecular weight is 305 g/mol. The minimum Gasteiger partial charge on any atom is -0.506 e. The molecule has 0 saturated carbocycles. The number of para-hydroxylation sites is 1. The van der Waals surface area contributed by atoms with Gasteiger partial charge in [0.1, 0.15) is 5.75 Å². The first-order valence-corrected chi connectivity index (χ1v) is 7.19. The fourth-order valence-electron chi connectivity index (χ4n) is 2.29. The van der Waals surface area contributed by atoms with Crippen LogP contribution in [-0.2, 0) is 9.53 Å². The predicted octanol–water partition coefficient (Wildman–Crippen LogP) is 4.13. The summed E-state index contributed by atoms with van der Waals surface area (Å²) < 4.78 is 5.03. The lowest BCUT2D eigenvalue weighted by atomic mass is 9.88. The van der Waals surface area contributed by atoms with Crippen molar-refractivity contribution in [3.63, 3.8) is 0 Å². The summed E-state index contributed by atoms with van der Waals surface area (Å²) in [4.78, 5) is 11.9. The molecule has 0 radical (unpaired) electrons. The molecular formula is C17H17ClO3. The summed E-state index contributed by atoms with van der Waals surface area (Å²) in [5.74, 6) is -0.577. The van der Waals surface area contributed by atoms with Crippen LogP contribution in [0.25, 0.3) is 0 Å². The van der Waals surface area contributed by atoms with E-state index in [2.05, 4.69) is 0 Å². The highest BCUT2D eigenvalue weighted by Crippen LogP contribution is 2.37. The maximum atomic E-state index is 11.9. The quantitative estimate of drug-likeness (QED) is 0.845. The number of aromatic hydroxyl groups is 1. The highest BCUT2D eigenvalue weighted by Gasteiger charge is 2.22. The predicted molar refractivity (Wildman–Crippen MR) is 82.7 cm³/mol. The first-order chi connectivity index (χ1) is 10.1. The van der Waals surface area contributed by atoms with Crippen LogP contribution in [0.15, 0.2) is 48.5 Å². The number of hydrogen-bond acceptors (Lipinski definition) is 3. The number of phenols is 1. The highest BCUT2D eigenvalue weighted by atomic mass is 35.5. The number of carbonyl (C=O) groups excluding carboxylic acids is 1. The van der Waals surface area contributed by atoms with Crippen LogP contribution < -0.4 is 0 Å². The zero-order chi connectivity index (χ0) is 15.2. The van der Waals surface area contributed by atoms with Crippen LogP contribution in [0.3, 0.4) is 0 Å². The smallest absolute Gasteiger partial charge is 0.306 e. The maximum Gasteiger partial charge on any atom is 0.306 e. The lowest BCUT2D eigenvalue weighted by Gasteiger charge is -2.19. The molecule has 3 nitrogen and oxygen atoms in total. The van der Waals surface area contributed by atoms with Crippen molar-refractivity contribution in [1.82, 2.24) is 0 Å². The van der Waals surface area contributed by atoms with Gasteiger partial charge in [0.2, 0.25) is 0 Å². The van der Waals surface area contributed by atoms with Gasteiger partial charge in [-0.15, -0.1) is 0 Å². The van der Waals surface area contributed by atoms with Crippen molar-refractivity contribution in [3.05, 3.63) is 64.7 Å². The van der Waals surface area contributed by atoms with Crippen molar-refractivity contribution >= 4 is 17.6 Å². The number of halogens is 1. The van der Waals surface area contributed by atoms with Gasteiger partial charge in [0.05, 0.1) is 18.1 Å². The molecule has 1 unspecified atom stereocenters. The molecule has 0 aliphatic rings. The van der Waals surface area contributed by atoms with E-state index >= 15 is 0 Å². The molecule has 0 amide bonds. The molecule has 2 rings (SSSR count). The van der Waals surface area contributed by atoms with E-state index in [9.17, 15) is 9.90 Å². The summed E-state index contributed by atoms with van der Waals surface area (Å²) in [6.45, 7) is 2.11. The Morgan fingerprint density at radius 2 is 1.90 bits per heavy atom. The van der Waals surface area contributed by atoms with E-state index in [0.29, 0.717) is 12.2 Å². The van der Waals surface area contributed by atoms with Crippen molar-refractivity contribution in [2.75, 3.05) is 6.61 Å². The lowest BCUT2D eigenvalue weighted by Crippen LogP contribution is -2.12. The van der Waals surface area contributed by atoms with Gasteiger partial charge in [-0.1, -0.05) is 54.1 Å². The molecule has 1 atom stereocenters. The number of phenolic OH excluding ortho intramolecular Hbond substituents is 1. The Labute approximate surface area is 129 Å². The molecule has 0 bridgehead atoms. The second kappa shape index (κ2) is 7.14. The zero-order valence-corrected chi connectivity index (χ0v) is 12.5. The molecule has 0 saturated heterocycles. The number of hydrogen-bond donors (Lipinski definition) is 1. The molecule has 4 heteroatoms. The maximum absolute atomic E-state index is 11.9. The van der Waals surface area contributed by atoms with Gasteiger partial charge in [-0.2, -0.15) is 0 Å². The third kappa shape index (κ3) is 3.76. The summed E-state index contributed by atoms with van der Waals surface area (Å²) in [5, 5.41) is 10.5. The number of benzene rings is 2. The third-order valence-corrected chi connectivity index (χ3v) is 3.58. The molecule has 0 heterocycles. The summed E-state index contributed by atoms with van der Waals surface area (Å²) in [6.07, 6.45) is 0.158. The Morgan fingerprint density at radius 1 is 1.19 bits per heavy atom. The van der Waals surface area contributed by atoms with Crippen molar-refractivity contribution in [1.29, 1.82) is 0 Å². The first-order valence-electron chi connectivity index (χ1n) is 6.81. The van der Waals surface area contributed by atoms with Crippen LogP contribution in [0.1, 0.15) is 30.4 Å². The van der Waals surface area contributed by atoms with E-state index in [0.717, 1.165) is 5.56 Å². The molecule has 0 aromatic heterocycles. The Bertz CT molecular complexity index is 611. The minimum absolute atomic E-state index is 0.0114. The van der Waals surface area contributed by atoms with Gasteiger partial charge < -0.3 is 9.84 Å². The van der Waals surface area contributed by atoms with Gasteiger partial charge in [0.25, 0.3) is 0 Å². The number of ether oxygens (including phenoxy) is 1. The van der Waals surface area contributed by atoms with E-state index in [1.807, 2.05) is 30.3 Å². The molecule has 0 aliphatic carbocycles. The number of rotatable bonds is 5. The summed E-state index contributed by atoms with van der Waals surface area (Å²) >= 11 is 5.98. The summed E-state index contributed by atoms with van der Waals surface area (Å²) in [5.41, 5.74) is 1.56.